The van der Waals surface area contributed by atoms with E-state index in [1.807, 2.05) is 26.8 Å². The molecule has 1 atom stereocenters. The van der Waals surface area contributed by atoms with Crippen molar-refractivity contribution >= 4 is 23.4 Å². The van der Waals surface area contributed by atoms with E-state index in [1.165, 1.54) is 0 Å². The average Bonchev–Trinajstić information content (AvgIpc) is 2.65. The monoisotopic (exact) mass is 398 g/mol. The van der Waals surface area contributed by atoms with Crippen LogP contribution in [0.5, 0.6) is 0 Å². The van der Waals surface area contributed by atoms with Gasteiger partial charge in [-0.3, -0.25) is 10.2 Å². The van der Waals surface area contributed by atoms with Gasteiger partial charge in [0, 0.05) is 11.3 Å². The molecule has 0 aromatic heterocycles. The van der Waals surface area contributed by atoms with Crippen LogP contribution in [0.2, 0.25) is 0 Å². The van der Waals surface area contributed by atoms with Crippen molar-refractivity contribution in [1.29, 1.82) is 5.41 Å². The molecule has 2 aromatic carbocycles. The number of carboxylic acid groups (broad SMARTS) is 1. The highest BCUT2D eigenvalue weighted by molar-refractivity contribution is 5.95. The van der Waals surface area contributed by atoms with Crippen LogP contribution in [0.25, 0.3) is 0 Å². The first-order valence-corrected chi connectivity index (χ1v) is 8.98. The molecule has 8 heteroatoms. The predicted molar refractivity (Wildman–Crippen MR) is 111 cm³/mol. The van der Waals surface area contributed by atoms with Gasteiger partial charge in [-0.2, -0.15) is 0 Å². The molecule has 0 bridgehead atoms. The van der Waals surface area contributed by atoms with E-state index in [2.05, 4.69) is 5.32 Å². The first-order valence-electron chi connectivity index (χ1n) is 8.98. The molecule has 1 unspecified atom stereocenters. The highest BCUT2D eigenvalue weighted by Crippen LogP contribution is 2.30. The van der Waals surface area contributed by atoms with E-state index in [4.69, 9.17) is 21.6 Å². The summed E-state index contributed by atoms with van der Waals surface area (Å²) < 4.78 is 5.57. The van der Waals surface area contributed by atoms with Crippen LogP contribution in [0.15, 0.2) is 42.5 Å². The number of benzene rings is 2. The number of nitrogens with one attached hydrogen (secondary N) is 2. The summed E-state index contributed by atoms with van der Waals surface area (Å²) in [5.74, 6) is -1.64. The number of aryl methyl sites for hydroxylation is 1. The quantitative estimate of drug-likeness (QED) is 0.323. The maximum absolute atomic E-state index is 11.9. The van der Waals surface area contributed by atoms with Crippen LogP contribution in [0.4, 0.5) is 5.69 Å². The van der Waals surface area contributed by atoms with Crippen LogP contribution in [-0.2, 0) is 19.9 Å². The summed E-state index contributed by atoms with van der Waals surface area (Å²) in [7, 11) is 0. The van der Waals surface area contributed by atoms with Crippen LogP contribution in [0.1, 0.15) is 42.1 Å². The number of carboxylic acids is 1. The fourth-order valence-corrected chi connectivity index (χ4v) is 2.89. The number of anilines is 1. The lowest BCUT2D eigenvalue weighted by atomic mass is 9.91. The zero-order valence-corrected chi connectivity index (χ0v) is 16.7. The van der Waals surface area contributed by atoms with Gasteiger partial charge in [-0.25, -0.2) is 4.79 Å². The van der Waals surface area contributed by atoms with Crippen molar-refractivity contribution in [1.82, 2.24) is 0 Å². The van der Waals surface area contributed by atoms with Crippen molar-refractivity contribution < 1.29 is 19.4 Å². The second-order valence-corrected chi connectivity index (χ2v) is 7.24. The Morgan fingerprint density at radius 2 is 1.79 bits per heavy atom. The van der Waals surface area contributed by atoms with E-state index >= 15 is 0 Å². The summed E-state index contributed by atoms with van der Waals surface area (Å²) in [5, 5.41) is 20.2. The molecule has 29 heavy (non-hydrogen) atoms. The van der Waals surface area contributed by atoms with Crippen LogP contribution in [-0.4, -0.2) is 29.4 Å². The molecular weight excluding hydrogens is 372 g/mol. The van der Waals surface area contributed by atoms with E-state index in [1.54, 1.807) is 36.4 Å². The number of ether oxygens (including phenoxy) is 1. The zero-order valence-electron chi connectivity index (χ0n) is 16.7. The SMILES string of the molecule is Cc1cc(C(C)(C)OCC(N)=O)ccc1C(Nc1ccc(C(=N)N)cc1)C(=O)O. The molecule has 0 aliphatic rings. The summed E-state index contributed by atoms with van der Waals surface area (Å²) in [5.41, 5.74) is 13.1. The van der Waals surface area contributed by atoms with Crippen LogP contribution < -0.4 is 16.8 Å². The van der Waals surface area contributed by atoms with E-state index in [9.17, 15) is 14.7 Å². The predicted octanol–water partition coefficient (Wildman–Crippen LogP) is 2.25. The van der Waals surface area contributed by atoms with Gasteiger partial charge in [0.05, 0.1) is 5.60 Å². The maximum Gasteiger partial charge on any atom is 0.330 e. The third kappa shape index (κ3) is 5.55. The number of nitrogen functional groups attached to an aromatic ring is 1. The highest BCUT2D eigenvalue weighted by atomic mass is 16.5. The average molecular weight is 398 g/mol. The Morgan fingerprint density at radius 1 is 1.17 bits per heavy atom. The molecule has 1 amide bonds. The third-order valence-electron chi connectivity index (χ3n) is 4.61. The number of amidine groups is 1. The molecule has 0 aliphatic heterocycles. The number of amides is 1. The molecule has 0 saturated heterocycles. The number of primary amides is 1. The Bertz CT molecular complexity index is 923. The van der Waals surface area contributed by atoms with Gasteiger partial charge < -0.3 is 26.6 Å². The maximum atomic E-state index is 11.9. The fourth-order valence-electron chi connectivity index (χ4n) is 2.89. The lowest BCUT2D eigenvalue weighted by Gasteiger charge is -2.27. The number of aliphatic carboxylic acids is 1. The normalized spacial score (nSPS) is 12.2. The number of carbonyl (C=O) groups is 2. The zero-order chi connectivity index (χ0) is 21.8. The minimum Gasteiger partial charge on any atom is -0.479 e. The molecule has 0 radical (unpaired) electrons. The molecule has 8 nitrogen and oxygen atoms in total. The molecule has 154 valence electrons. The Labute approximate surface area is 169 Å². The minimum absolute atomic E-state index is 0.0565. The van der Waals surface area contributed by atoms with Gasteiger partial charge in [0.25, 0.3) is 0 Å². The van der Waals surface area contributed by atoms with Crippen LogP contribution in [0.3, 0.4) is 0 Å². The number of nitrogens with two attached hydrogens (primary N) is 2. The topological polar surface area (TPSA) is 152 Å². The molecule has 0 saturated carbocycles. The third-order valence-corrected chi connectivity index (χ3v) is 4.61. The van der Waals surface area contributed by atoms with Crippen molar-refractivity contribution in [2.75, 3.05) is 11.9 Å². The molecule has 0 heterocycles. The van der Waals surface area contributed by atoms with Crippen LogP contribution >= 0.6 is 0 Å². The van der Waals surface area contributed by atoms with Crippen molar-refractivity contribution in [3.05, 3.63) is 64.7 Å². The van der Waals surface area contributed by atoms with Crippen molar-refractivity contribution in [2.24, 2.45) is 11.5 Å². The van der Waals surface area contributed by atoms with E-state index in [0.717, 1.165) is 11.1 Å². The molecule has 0 aliphatic carbocycles. The Hall–Kier alpha value is -3.39. The lowest BCUT2D eigenvalue weighted by Crippen LogP contribution is -2.29. The van der Waals surface area contributed by atoms with Crippen molar-refractivity contribution in [3.8, 4) is 0 Å². The number of hydrogen-bond acceptors (Lipinski definition) is 5. The summed E-state index contributed by atoms with van der Waals surface area (Å²) >= 11 is 0. The van der Waals surface area contributed by atoms with E-state index in [0.29, 0.717) is 16.8 Å². The van der Waals surface area contributed by atoms with Crippen molar-refractivity contribution in [2.45, 2.75) is 32.4 Å². The second-order valence-electron chi connectivity index (χ2n) is 7.24. The summed E-state index contributed by atoms with van der Waals surface area (Å²) in [6.45, 7) is 5.24. The minimum atomic E-state index is -1.03. The molecule has 2 rings (SSSR count). The van der Waals surface area contributed by atoms with Gasteiger partial charge in [0.1, 0.15) is 12.4 Å². The smallest absolute Gasteiger partial charge is 0.330 e. The van der Waals surface area contributed by atoms with Gasteiger partial charge in [0.2, 0.25) is 5.91 Å². The Morgan fingerprint density at radius 3 is 2.28 bits per heavy atom. The van der Waals surface area contributed by atoms with Gasteiger partial charge in [0.15, 0.2) is 6.04 Å². The fraction of sp³-hybridized carbons (Fsp3) is 0.286. The van der Waals surface area contributed by atoms with E-state index in [-0.39, 0.29) is 12.4 Å². The summed E-state index contributed by atoms with van der Waals surface area (Å²) in [6.07, 6.45) is 0. The van der Waals surface area contributed by atoms with Gasteiger partial charge >= 0.3 is 5.97 Å². The Balaban J connectivity index is 2.28. The molecule has 0 fully saturated rings. The summed E-state index contributed by atoms with van der Waals surface area (Å²) in [6, 6.07) is 11.0. The van der Waals surface area contributed by atoms with Gasteiger partial charge in [-0.1, -0.05) is 18.2 Å². The van der Waals surface area contributed by atoms with Crippen molar-refractivity contribution in [3.63, 3.8) is 0 Å². The highest BCUT2D eigenvalue weighted by Gasteiger charge is 2.26. The van der Waals surface area contributed by atoms with Gasteiger partial charge in [-0.05, 0) is 61.7 Å². The summed E-state index contributed by atoms with van der Waals surface area (Å²) in [4.78, 5) is 22.9. The van der Waals surface area contributed by atoms with Crippen LogP contribution in [0, 0.1) is 12.3 Å². The van der Waals surface area contributed by atoms with Gasteiger partial charge in [-0.15, -0.1) is 0 Å². The molecule has 7 N–H and O–H groups in total. The largest absolute Gasteiger partial charge is 0.479 e. The first kappa shape index (κ1) is 21.9. The number of hydrogen-bond donors (Lipinski definition) is 5. The molecule has 2 aromatic rings. The molecule has 0 spiro atoms. The van der Waals surface area contributed by atoms with E-state index < -0.39 is 23.5 Å². The first-order chi connectivity index (χ1) is 13.5. The number of carbonyl (C=O) groups excluding carboxylic acids is 1. The second kappa shape index (κ2) is 8.74. The molecular formula is C21H26N4O4. The lowest BCUT2D eigenvalue weighted by molar-refractivity contribution is -0.138. The standard InChI is InChI=1S/C21H26N4O4/c1-12-10-14(21(2,3)29-11-17(22)26)6-9-16(12)18(20(27)28)25-15-7-4-13(5-8-15)19(23)24/h4-10,18,25H,11H2,1-3H3,(H2,22,26)(H3,23,24)(H,27,28). The number of rotatable bonds is 9. The Kier molecular flexibility index (Phi) is 6.60.